The molecule has 0 saturated carbocycles. The first-order valence-electron chi connectivity index (χ1n) is 7.82. The van der Waals surface area contributed by atoms with Gasteiger partial charge in [-0.1, -0.05) is 29.8 Å². The number of allylic oxidation sites excluding steroid dienone is 1. The molecule has 3 aromatic rings. The van der Waals surface area contributed by atoms with Crippen molar-refractivity contribution in [2.24, 2.45) is 0 Å². The number of pyridine rings is 1. The number of hydrogen-bond acceptors (Lipinski definition) is 4. The summed E-state index contributed by atoms with van der Waals surface area (Å²) in [6.45, 7) is 0. The quantitative estimate of drug-likeness (QED) is 0.281. The summed E-state index contributed by atoms with van der Waals surface area (Å²) in [5, 5.41) is 0.585. The molecular weight excluding hydrogens is 350 g/mol. The Hall–Kier alpha value is -3.24. The lowest BCUT2D eigenvalue weighted by Gasteiger charge is -2.04. The van der Waals surface area contributed by atoms with Crippen LogP contribution in [-0.4, -0.2) is 16.7 Å². The second-order valence-corrected chi connectivity index (χ2v) is 5.84. The number of hydrogen-bond donors (Lipinski definition) is 0. The largest absolute Gasteiger partial charge is 0.423 e. The molecule has 0 spiro atoms. The van der Waals surface area contributed by atoms with E-state index < -0.39 is 5.97 Å². The van der Waals surface area contributed by atoms with Crippen LogP contribution in [0.3, 0.4) is 0 Å². The Morgan fingerprint density at radius 3 is 2.31 bits per heavy atom. The number of carbonyl (C=O) groups excluding carboxylic acids is 2. The number of benzene rings is 2. The van der Waals surface area contributed by atoms with E-state index in [-0.39, 0.29) is 5.78 Å². The minimum atomic E-state index is -0.473. The first kappa shape index (κ1) is 17.6. The van der Waals surface area contributed by atoms with Crippen LogP contribution in [0.4, 0.5) is 0 Å². The zero-order valence-electron chi connectivity index (χ0n) is 13.6. The van der Waals surface area contributed by atoms with Gasteiger partial charge in [0.2, 0.25) is 0 Å². The highest BCUT2D eigenvalue weighted by Crippen LogP contribution is 2.16. The SMILES string of the molecule is O=C(/C=C/c1ccc(OC(=O)c2cccnc2)cc1)c1ccc(Cl)cc1. The number of aromatic nitrogens is 1. The molecule has 0 aliphatic heterocycles. The fourth-order valence-electron chi connectivity index (χ4n) is 2.18. The highest BCUT2D eigenvalue weighted by Gasteiger charge is 2.08. The molecule has 4 nitrogen and oxygen atoms in total. The monoisotopic (exact) mass is 363 g/mol. The van der Waals surface area contributed by atoms with Crippen molar-refractivity contribution in [3.05, 3.63) is 101 Å². The average Bonchev–Trinajstić information content (AvgIpc) is 2.68. The zero-order valence-corrected chi connectivity index (χ0v) is 14.4. The number of nitrogens with zero attached hydrogens (tertiary/aromatic N) is 1. The van der Waals surface area contributed by atoms with Gasteiger partial charge in [-0.3, -0.25) is 9.78 Å². The maximum absolute atomic E-state index is 12.1. The molecule has 1 aromatic heterocycles. The average molecular weight is 364 g/mol. The maximum Gasteiger partial charge on any atom is 0.345 e. The minimum absolute atomic E-state index is 0.117. The van der Waals surface area contributed by atoms with E-state index in [1.54, 1.807) is 72.9 Å². The van der Waals surface area contributed by atoms with Crippen molar-refractivity contribution < 1.29 is 14.3 Å². The minimum Gasteiger partial charge on any atom is -0.423 e. The predicted molar refractivity (Wildman–Crippen MR) is 100 cm³/mol. The molecule has 5 heteroatoms. The first-order chi connectivity index (χ1) is 12.6. The van der Waals surface area contributed by atoms with E-state index in [0.29, 0.717) is 21.9 Å². The van der Waals surface area contributed by atoms with Gasteiger partial charge in [0, 0.05) is 23.0 Å². The Morgan fingerprint density at radius 1 is 0.923 bits per heavy atom. The fourth-order valence-corrected chi connectivity index (χ4v) is 2.30. The molecule has 0 saturated heterocycles. The lowest BCUT2D eigenvalue weighted by molar-refractivity contribution is 0.0734. The van der Waals surface area contributed by atoms with Crippen LogP contribution in [0.5, 0.6) is 5.75 Å². The van der Waals surface area contributed by atoms with Crippen LogP contribution in [0, 0.1) is 0 Å². The molecule has 3 rings (SSSR count). The van der Waals surface area contributed by atoms with Crippen LogP contribution in [0.25, 0.3) is 6.08 Å². The van der Waals surface area contributed by atoms with Crippen LogP contribution in [0.1, 0.15) is 26.3 Å². The van der Waals surface area contributed by atoms with Crippen LogP contribution >= 0.6 is 11.6 Å². The highest BCUT2D eigenvalue weighted by molar-refractivity contribution is 6.30. The number of halogens is 1. The zero-order chi connectivity index (χ0) is 18.4. The third-order valence-electron chi connectivity index (χ3n) is 3.54. The van der Waals surface area contributed by atoms with Gasteiger partial charge >= 0.3 is 5.97 Å². The number of ether oxygens (including phenoxy) is 1. The molecule has 2 aromatic carbocycles. The molecule has 1 heterocycles. The van der Waals surface area contributed by atoms with Gasteiger partial charge in [0.15, 0.2) is 5.78 Å². The van der Waals surface area contributed by atoms with Gasteiger partial charge in [-0.2, -0.15) is 0 Å². The second-order valence-electron chi connectivity index (χ2n) is 5.40. The molecule has 0 atom stereocenters. The molecule has 0 aliphatic rings. The Labute approximate surface area is 155 Å². The van der Waals surface area contributed by atoms with E-state index in [0.717, 1.165) is 5.56 Å². The number of rotatable bonds is 5. The predicted octanol–water partition coefficient (Wildman–Crippen LogP) is 4.85. The lowest BCUT2D eigenvalue weighted by atomic mass is 10.1. The summed E-state index contributed by atoms with van der Waals surface area (Å²) in [4.78, 5) is 27.9. The molecule has 0 amide bonds. The number of carbonyl (C=O) groups is 2. The Kier molecular flexibility index (Phi) is 5.56. The van der Waals surface area contributed by atoms with Gasteiger partial charge in [-0.05, 0) is 60.2 Å². The Morgan fingerprint density at radius 2 is 1.65 bits per heavy atom. The highest BCUT2D eigenvalue weighted by atomic mass is 35.5. The summed E-state index contributed by atoms with van der Waals surface area (Å²) in [6.07, 6.45) is 6.22. The standard InChI is InChI=1S/C21H14ClNO3/c22-18-8-6-16(7-9-18)20(24)12-5-15-3-10-19(11-4-15)26-21(25)17-2-1-13-23-14-17/h1-14H/b12-5+. The van der Waals surface area contributed by atoms with E-state index in [2.05, 4.69) is 4.98 Å². The Balaban J connectivity index is 1.63. The van der Waals surface area contributed by atoms with Gasteiger partial charge < -0.3 is 4.74 Å². The number of esters is 1. The lowest BCUT2D eigenvalue weighted by Crippen LogP contribution is -2.08. The summed E-state index contributed by atoms with van der Waals surface area (Å²) < 4.78 is 5.28. The molecule has 0 aliphatic carbocycles. The third kappa shape index (κ3) is 4.65. The summed E-state index contributed by atoms with van der Waals surface area (Å²) >= 11 is 5.81. The van der Waals surface area contributed by atoms with Gasteiger partial charge in [0.1, 0.15) is 5.75 Å². The van der Waals surface area contributed by atoms with Crippen molar-refractivity contribution in [2.75, 3.05) is 0 Å². The van der Waals surface area contributed by atoms with Crippen molar-refractivity contribution >= 4 is 29.4 Å². The normalized spacial score (nSPS) is 10.7. The van der Waals surface area contributed by atoms with Crippen molar-refractivity contribution in [1.82, 2.24) is 4.98 Å². The topological polar surface area (TPSA) is 56.3 Å². The molecule has 0 unspecified atom stereocenters. The number of ketones is 1. The van der Waals surface area contributed by atoms with Crippen LogP contribution < -0.4 is 4.74 Å². The smallest absolute Gasteiger partial charge is 0.345 e. The molecule has 26 heavy (non-hydrogen) atoms. The molecule has 128 valence electrons. The van der Waals surface area contributed by atoms with Crippen LogP contribution in [-0.2, 0) is 0 Å². The van der Waals surface area contributed by atoms with E-state index in [4.69, 9.17) is 16.3 Å². The van der Waals surface area contributed by atoms with Gasteiger partial charge in [-0.25, -0.2) is 4.79 Å². The van der Waals surface area contributed by atoms with Crippen molar-refractivity contribution in [3.8, 4) is 5.75 Å². The molecular formula is C21H14ClNO3. The van der Waals surface area contributed by atoms with Crippen molar-refractivity contribution in [3.63, 3.8) is 0 Å². The summed E-state index contributed by atoms with van der Waals surface area (Å²) in [7, 11) is 0. The van der Waals surface area contributed by atoms with Gasteiger partial charge in [0.25, 0.3) is 0 Å². The van der Waals surface area contributed by atoms with Gasteiger partial charge in [0.05, 0.1) is 5.56 Å². The summed E-state index contributed by atoms with van der Waals surface area (Å²) in [5.74, 6) is -0.173. The summed E-state index contributed by atoms with van der Waals surface area (Å²) in [5.41, 5.74) is 1.76. The van der Waals surface area contributed by atoms with Gasteiger partial charge in [-0.15, -0.1) is 0 Å². The van der Waals surface area contributed by atoms with E-state index in [1.165, 1.54) is 12.3 Å². The Bertz CT molecular complexity index is 933. The van der Waals surface area contributed by atoms with Crippen molar-refractivity contribution in [2.45, 2.75) is 0 Å². The molecule has 0 fully saturated rings. The van der Waals surface area contributed by atoms with E-state index in [1.807, 2.05) is 0 Å². The molecule has 0 bridgehead atoms. The van der Waals surface area contributed by atoms with Crippen LogP contribution in [0.2, 0.25) is 5.02 Å². The fraction of sp³-hybridized carbons (Fsp3) is 0. The van der Waals surface area contributed by atoms with E-state index in [9.17, 15) is 9.59 Å². The maximum atomic E-state index is 12.1. The van der Waals surface area contributed by atoms with Crippen molar-refractivity contribution in [1.29, 1.82) is 0 Å². The van der Waals surface area contributed by atoms with E-state index >= 15 is 0 Å². The summed E-state index contributed by atoms with van der Waals surface area (Å²) in [6, 6.07) is 16.9. The molecule has 0 radical (unpaired) electrons. The second kappa shape index (κ2) is 8.23. The van der Waals surface area contributed by atoms with Crippen LogP contribution in [0.15, 0.2) is 79.1 Å². The third-order valence-corrected chi connectivity index (χ3v) is 3.80. The first-order valence-corrected chi connectivity index (χ1v) is 8.20. The molecule has 0 N–H and O–H groups in total.